The Morgan fingerprint density at radius 2 is 2.25 bits per heavy atom. The van der Waals surface area contributed by atoms with Gasteiger partial charge in [0.25, 0.3) is 0 Å². The molecule has 2 aromatic rings. The Morgan fingerprint density at radius 3 is 3.00 bits per heavy atom. The number of nitrogens with zero attached hydrogens (tertiary/aromatic N) is 3. The molecule has 0 radical (unpaired) electrons. The summed E-state index contributed by atoms with van der Waals surface area (Å²) in [6.45, 7) is 2.01. The number of hydrogen-bond donors (Lipinski definition) is 1. The molecule has 0 saturated carbocycles. The zero-order valence-corrected chi connectivity index (χ0v) is 7.07. The Balaban J connectivity index is 2.81. The maximum absolute atomic E-state index is 4.11. The molecule has 0 fully saturated rings. The van der Waals surface area contributed by atoms with Gasteiger partial charge in [-0.2, -0.15) is 5.10 Å². The zero-order valence-electron chi connectivity index (χ0n) is 7.07. The number of nitrogens with one attached hydrogen (secondary N) is 1. The monoisotopic (exact) mass is 162 g/mol. The maximum Gasteiger partial charge on any atom is 0.153 e. The van der Waals surface area contributed by atoms with Crippen LogP contribution in [0, 0.1) is 6.92 Å². The zero-order chi connectivity index (χ0) is 8.55. The lowest BCUT2D eigenvalue weighted by atomic mass is 10.5. The Morgan fingerprint density at radius 1 is 1.42 bits per heavy atom. The minimum Gasteiger partial charge on any atom is -0.371 e. The van der Waals surface area contributed by atoms with Crippen molar-refractivity contribution in [3.63, 3.8) is 0 Å². The highest BCUT2D eigenvalue weighted by Crippen LogP contribution is 2.13. The molecule has 0 unspecified atom stereocenters. The summed E-state index contributed by atoms with van der Waals surface area (Å²) in [6, 6.07) is 4.02. The molecular weight excluding hydrogens is 152 g/mol. The molecule has 0 aliphatic carbocycles. The van der Waals surface area contributed by atoms with Gasteiger partial charge in [-0.25, -0.2) is 9.50 Å². The van der Waals surface area contributed by atoms with E-state index in [9.17, 15) is 0 Å². The van der Waals surface area contributed by atoms with Crippen molar-refractivity contribution >= 4 is 11.3 Å². The number of hydrogen-bond acceptors (Lipinski definition) is 3. The van der Waals surface area contributed by atoms with E-state index in [0.717, 1.165) is 17.0 Å². The molecule has 0 aliphatic heterocycles. The summed E-state index contributed by atoms with van der Waals surface area (Å²) in [4.78, 5) is 4.10. The van der Waals surface area contributed by atoms with Crippen molar-refractivity contribution in [3.05, 3.63) is 24.2 Å². The first kappa shape index (κ1) is 7.09. The predicted molar refractivity (Wildman–Crippen MR) is 47.3 cm³/mol. The average Bonchev–Trinajstić information content (AvgIpc) is 2.48. The smallest absolute Gasteiger partial charge is 0.153 e. The third kappa shape index (κ3) is 0.845. The summed E-state index contributed by atoms with van der Waals surface area (Å²) in [6.07, 6.45) is 1.55. The highest BCUT2D eigenvalue weighted by atomic mass is 15.3. The van der Waals surface area contributed by atoms with E-state index in [1.807, 2.05) is 30.6 Å². The molecule has 0 atom stereocenters. The minimum atomic E-state index is 0.859. The quantitative estimate of drug-likeness (QED) is 0.682. The van der Waals surface area contributed by atoms with Crippen molar-refractivity contribution in [2.45, 2.75) is 6.92 Å². The summed E-state index contributed by atoms with van der Waals surface area (Å²) in [5.74, 6) is 0.859. The average molecular weight is 162 g/mol. The van der Waals surface area contributed by atoms with Gasteiger partial charge in [-0.15, -0.1) is 0 Å². The fraction of sp³-hybridized carbons (Fsp3) is 0.250. The van der Waals surface area contributed by atoms with Crippen LogP contribution in [0.5, 0.6) is 0 Å². The lowest BCUT2D eigenvalue weighted by Crippen LogP contribution is -1.99. The van der Waals surface area contributed by atoms with Crippen molar-refractivity contribution in [3.8, 4) is 0 Å². The number of aryl methyl sites for hydroxylation is 1. The van der Waals surface area contributed by atoms with Gasteiger partial charge in [0.2, 0.25) is 0 Å². The molecule has 0 spiro atoms. The summed E-state index contributed by atoms with van der Waals surface area (Å²) >= 11 is 0. The van der Waals surface area contributed by atoms with Crippen LogP contribution >= 0.6 is 0 Å². The first-order valence-electron chi connectivity index (χ1n) is 3.80. The molecule has 62 valence electrons. The van der Waals surface area contributed by atoms with Gasteiger partial charge in [0, 0.05) is 12.7 Å². The van der Waals surface area contributed by atoms with Crippen molar-refractivity contribution in [1.29, 1.82) is 0 Å². The van der Waals surface area contributed by atoms with Crippen LogP contribution in [0.4, 0.5) is 5.82 Å². The third-order valence-corrected chi connectivity index (χ3v) is 1.88. The Bertz CT molecular complexity index is 404. The van der Waals surface area contributed by atoms with Crippen LogP contribution in [0.1, 0.15) is 5.69 Å². The largest absolute Gasteiger partial charge is 0.371 e. The standard InChI is InChI=1S/C8H10N4/c1-6-3-4-7-8(9-2)10-5-11-12(6)7/h3-5H,1-2H3,(H,9,10,11). The van der Waals surface area contributed by atoms with E-state index in [0.29, 0.717) is 0 Å². The lowest BCUT2D eigenvalue weighted by molar-refractivity contribution is 0.873. The molecule has 2 heterocycles. The van der Waals surface area contributed by atoms with Gasteiger partial charge in [-0.1, -0.05) is 0 Å². The van der Waals surface area contributed by atoms with E-state index in [-0.39, 0.29) is 0 Å². The number of anilines is 1. The van der Waals surface area contributed by atoms with Gasteiger partial charge in [-0.3, -0.25) is 0 Å². The number of fused-ring (bicyclic) bond motifs is 1. The fourth-order valence-corrected chi connectivity index (χ4v) is 1.26. The molecule has 0 saturated heterocycles. The molecule has 0 aromatic carbocycles. The van der Waals surface area contributed by atoms with Crippen molar-refractivity contribution in [2.75, 3.05) is 12.4 Å². The fourth-order valence-electron chi connectivity index (χ4n) is 1.26. The second-order valence-corrected chi connectivity index (χ2v) is 2.63. The van der Waals surface area contributed by atoms with Crippen LogP contribution in [-0.4, -0.2) is 21.6 Å². The van der Waals surface area contributed by atoms with Crippen molar-refractivity contribution < 1.29 is 0 Å². The van der Waals surface area contributed by atoms with Gasteiger partial charge < -0.3 is 5.32 Å². The molecule has 2 rings (SSSR count). The number of rotatable bonds is 1. The van der Waals surface area contributed by atoms with Crippen molar-refractivity contribution in [2.24, 2.45) is 0 Å². The van der Waals surface area contributed by atoms with Crippen LogP contribution in [0.25, 0.3) is 5.52 Å². The van der Waals surface area contributed by atoms with Gasteiger partial charge in [0.15, 0.2) is 5.82 Å². The topological polar surface area (TPSA) is 42.2 Å². The van der Waals surface area contributed by atoms with E-state index < -0.39 is 0 Å². The lowest BCUT2D eigenvalue weighted by Gasteiger charge is -2.01. The second kappa shape index (κ2) is 2.48. The SMILES string of the molecule is CNc1ncnn2c(C)ccc12. The van der Waals surface area contributed by atoms with E-state index in [1.54, 1.807) is 6.33 Å². The highest BCUT2D eigenvalue weighted by Gasteiger charge is 2.02. The molecule has 4 heteroatoms. The number of aromatic nitrogens is 3. The third-order valence-electron chi connectivity index (χ3n) is 1.88. The molecular formula is C8H10N4. The summed E-state index contributed by atoms with van der Waals surface area (Å²) in [5.41, 5.74) is 2.13. The van der Waals surface area contributed by atoms with Gasteiger partial charge in [0.05, 0.1) is 0 Å². The van der Waals surface area contributed by atoms with E-state index in [1.165, 1.54) is 0 Å². The Labute approximate surface area is 70.2 Å². The van der Waals surface area contributed by atoms with Gasteiger partial charge >= 0.3 is 0 Å². The highest BCUT2D eigenvalue weighted by molar-refractivity contribution is 5.67. The molecule has 0 bridgehead atoms. The molecule has 4 nitrogen and oxygen atoms in total. The maximum atomic E-state index is 4.11. The van der Waals surface area contributed by atoms with Gasteiger partial charge in [-0.05, 0) is 19.1 Å². The van der Waals surface area contributed by atoms with Gasteiger partial charge in [0.1, 0.15) is 11.8 Å². The van der Waals surface area contributed by atoms with Crippen LogP contribution in [0.15, 0.2) is 18.5 Å². The second-order valence-electron chi connectivity index (χ2n) is 2.63. The molecule has 0 aliphatic rings. The first-order valence-corrected chi connectivity index (χ1v) is 3.80. The molecule has 0 amide bonds. The molecule has 12 heavy (non-hydrogen) atoms. The van der Waals surface area contributed by atoms with Crippen molar-refractivity contribution in [1.82, 2.24) is 14.6 Å². The van der Waals surface area contributed by atoms with Crippen LogP contribution < -0.4 is 5.32 Å². The van der Waals surface area contributed by atoms with E-state index in [2.05, 4.69) is 15.4 Å². The minimum absolute atomic E-state index is 0.859. The summed E-state index contributed by atoms with van der Waals surface area (Å²) < 4.78 is 1.86. The van der Waals surface area contributed by atoms with Crippen LogP contribution in [0.2, 0.25) is 0 Å². The van der Waals surface area contributed by atoms with Crippen LogP contribution in [0.3, 0.4) is 0 Å². The first-order chi connectivity index (χ1) is 5.83. The van der Waals surface area contributed by atoms with E-state index >= 15 is 0 Å². The van der Waals surface area contributed by atoms with E-state index in [4.69, 9.17) is 0 Å². The molecule has 2 aromatic heterocycles. The normalized spacial score (nSPS) is 10.5. The Hall–Kier alpha value is -1.58. The van der Waals surface area contributed by atoms with Crippen LogP contribution in [-0.2, 0) is 0 Å². The summed E-state index contributed by atoms with van der Waals surface area (Å²) in [7, 11) is 1.85. The Kier molecular flexibility index (Phi) is 1.46. The molecule has 1 N–H and O–H groups in total. The predicted octanol–water partition coefficient (Wildman–Crippen LogP) is 1.08. The summed E-state index contributed by atoms with van der Waals surface area (Å²) in [5, 5.41) is 7.13.